The van der Waals surface area contributed by atoms with Crippen LogP contribution in [0.15, 0.2) is 18.2 Å². The lowest BCUT2D eigenvalue weighted by atomic mass is 9.95. The molecule has 2 aliphatic rings. The lowest BCUT2D eigenvalue weighted by molar-refractivity contribution is -0.137. The molecule has 0 spiro atoms. The molecule has 1 N–H and O–H groups in total. The number of piperidine rings is 1. The molecular weight excluding hydrogens is 379 g/mol. The molecule has 3 heterocycles. The highest BCUT2D eigenvalue weighted by Gasteiger charge is 2.31. The Hall–Kier alpha value is -1.64. The van der Waals surface area contributed by atoms with Gasteiger partial charge in [-0.25, -0.2) is 0 Å². The first-order valence-corrected chi connectivity index (χ1v) is 9.50. The Balaban J connectivity index is 1.41. The van der Waals surface area contributed by atoms with Crippen molar-refractivity contribution in [2.24, 2.45) is 0 Å². The average Bonchev–Trinajstić information content (AvgIpc) is 3.07. The number of aromatic nitrogens is 3. The van der Waals surface area contributed by atoms with Gasteiger partial charge >= 0.3 is 6.18 Å². The van der Waals surface area contributed by atoms with Gasteiger partial charge in [0.1, 0.15) is 11.6 Å². The van der Waals surface area contributed by atoms with Crippen LogP contribution in [0, 0.1) is 0 Å². The van der Waals surface area contributed by atoms with Crippen LogP contribution in [-0.4, -0.2) is 39.3 Å². The first-order valence-electron chi connectivity index (χ1n) is 9.12. The summed E-state index contributed by atoms with van der Waals surface area (Å²) in [6, 6.07) is 3.53. The highest BCUT2D eigenvalue weighted by molar-refractivity contribution is 6.31. The summed E-state index contributed by atoms with van der Waals surface area (Å²) in [5.41, 5.74) is -0.128. The van der Waals surface area contributed by atoms with Gasteiger partial charge in [0.2, 0.25) is 0 Å². The number of nitrogens with zero attached hydrogens (tertiary/aromatic N) is 4. The molecule has 0 bridgehead atoms. The molecule has 9 heteroatoms. The maximum atomic E-state index is 12.9. The lowest BCUT2D eigenvalue weighted by Gasteiger charge is -2.32. The zero-order chi connectivity index (χ0) is 19.0. The molecule has 27 heavy (non-hydrogen) atoms. The van der Waals surface area contributed by atoms with Gasteiger partial charge in [-0.15, -0.1) is 10.2 Å². The third kappa shape index (κ3) is 3.97. The predicted molar refractivity (Wildman–Crippen MR) is 95.4 cm³/mol. The third-order valence-corrected chi connectivity index (χ3v) is 5.74. The van der Waals surface area contributed by atoms with Crippen LogP contribution in [0.3, 0.4) is 0 Å². The number of halogens is 4. The maximum absolute atomic E-state index is 12.9. The van der Waals surface area contributed by atoms with Crippen molar-refractivity contribution in [3.05, 3.63) is 46.0 Å². The molecule has 1 aromatic heterocycles. The second-order valence-electron chi connectivity index (χ2n) is 7.16. The molecular formula is C18H21ClF3N5. The average molecular weight is 400 g/mol. The van der Waals surface area contributed by atoms with Gasteiger partial charge in [-0.3, -0.25) is 4.90 Å². The SMILES string of the molecule is FC(F)(F)c1ccc(Cl)c(CN2CCC(c3nnc4n3CCNC4)CC2)c1. The largest absolute Gasteiger partial charge is 0.416 e. The number of fused-ring (bicyclic) bond motifs is 1. The monoisotopic (exact) mass is 399 g/mol. The molecule has 1 fully saturated rings. The van der Waals surface area contributed by atoms with Crippen molar-refractivity contribution in [3.63, 3.8) is 0 Å². The predicted octanol–water partition coefficient (Wildman–Crippen LogP) is 3.43. The molecule has 0 saturated carbocycles. The summed E-state index contributed by atoms with van der Waals surface area (Å²) < 4.78 is 41.1. The third-order valence-electron chi connectivity index (χ3n) is 5.37. The molecule has 5 nitrogen and oxygen atoms in total. The number of nitrogens with one attached hydrogen (secondary N) is 1. The van der Waals surface area contributed by atoms with Gasteiger partial charge in [-0.05, 0) is 49.7 Å². The number of hydrogen-bond acceptors (Lipinski definition) is 4. The summed E-state index contributed by atoms with van der Waals surface area (Å²) in [5, 5.41) is 12.3. The Labute approximate surface area is 160 Å². The summed E-state index contributed by atoms with van der Waals surface area (Å²) in [6.45, 7) is 4.59. The number of benzene rings is 1. The van der Waals surface area contributed by atoms with Gasteiger partial charge in [0, 0.05) is 30.6 Å². The standard InChI is InChI=1S/C18H21ClF3N5/c19-15-2-1-14(18(20,21)22)9-13(15)11-26-6-3-12(4-7-26)17-25-24-16-10-23-5-8-27(16)17/h1-2,9,12,23H,3-8,10-11H2. The second kappa shape index (κ2) is 7.41. The van der Waals surface area contributed by atoms with Crippen molar-refractivity contribution < 1.29 is 13.2 Å². The van der Waals surface area contributed by atoms with E-state index in [-0.39, 0.29) is 0 Å². The lowest BCUT2D eigenvalue weighted by Crippen LogP contribution is -2.34. The van der Waals surface area contributed by atoms with E-state index in [2.05, 4.69) is 25.0 Å². The van der Waals surface area contributed by atoms with Crippen molar-refractivity contribution in [3.8, 4) is 0 Å². The quantitative estimate of drug-likeness (QED) is 0.859. The second-order valence-corrected chi connectivity index (χ2v) is 7.56. The van der Waals surface area contributed by atoms with Crippen molar-refractivity contribution in [1.29, 1.82) is 0 Å². The summed E-state index contributed by atoms with van der Waals surface area (Å²) in [7, 11) is 0. The van der Waals surface area contributed by atoms with Crippen LogP contribution in [0.4, 0.5) is 13.2 Å². The summed E-state index contributed by atoms with van der Waals surface area (Å²) in [4.78, 5) is 2.16. The van der Waals surface area contributed by atoms with Crippen molar-refractivity contribution >= 4 is 11.6 Å². The summed E-state index contributed by atoms with van der Waals surface area (Å²) in [6.07, 6.45) is -2.52. The van der Waals surface area contributed by atoms with E-state index < -0.39 is 11.7 Å². The minimum atomic E-state index is -4.35. The van der Waals surface area contributed by atoms with Gasteiger partial charge in [-0.2, -0.15) is 13.2 Å². The normalized spacial score (nSPS) is 19.3. The Kier molecular flexibility index (Phi) is 5.13. The molecule has 0 aliphatic carbocycles. The first-order chi connectivity index (χ1) is 12.9. The van der Waals surface area contributed by atoms with Crippen LogP contribution in [0.5, 0.6) is 0 Å². The highest BCUT2D eigenvalue weighted by Crippen LogP contribution is 2.33. The van der Waals surface area contributed by atoms with Crippen molar-refractivity contribution in [1.82, 2.24) is 25.0 Å². The van der Waals surface area contributed by atoms with Gasteiger partial charge in [0.25, 0.3) is 0 Å². The van der Waals surface area contributed by atoms with E-state index >= 15 is 0 Å². The Morgan fingerprint density at radius 3 is 2.67 bits per heavy atom. The fourth-order valence-corrected chi connectivity index (χ4v) is 4.06. The first kappa shape index (κ1) is 18.7. The van der Waals surface area contributed by atoms with E-state index in [0.717, 1.165) is 69.3 Å². The highest BCUT2D eigenvalue weighted by atomic mass is 35.5. The van der Waals surface area contributed by atoms with E-state index in [4.69, 9.17) is 11.6 Å². The van der Waals surface area contributed by atoms with E-state index in [1.165, 1.54) is 6.07 Å². The van der Waals surface area contributed by atoms with Crippen LogP contribution in [-0.2, 0) is 25.8 Å². The van der Waals surface area contributed by atoms with E-state index in [0.29, 0.717) is 23.0 Å². The van der Waals surface area contributed by atoms with Crippen LogP contribution in [0.1, 0.15) is 41.5 Å². The molecule has 2 aliphatic heterocycles. The molecule has 0 unspecified atom stereocenters. The van der Waals surface area contributed by atoms with E-state index in [9.17, 15) is 13.2 Å². The molecule has 146 valence electrons. The molecule has 1 aromatic carbocycles. The van der Waals surface area contributed by atoms with Gasteiger partial charge in [0.15, 0.2) is 0 Å². The van der Waals surface area contributed by atoms with E-state index in [1.807, 2.05) is 0 Å². The fourth-order valence-electron chi connectivity index (χ4n) is 3.88. The number of alkyl halides is 3. The summed E-state index contributed by atoms with van der Waals surface area (Å²) >= 11 is 6.13. The van der Waals surface area contributed by atoms with Crippen LogP contribution in [0.2, 0.25) is 5.02 Å². The molecule has 1 saturated heterocycles. The molecule has 0 radical (unpaired) electrons. The molecule has 0 amide bonds. The van der Waals surface area contributed by atoms with Crippen molar-refractivity contribution in [2.45, 2.75) is 44.6 Å². The number of hydrogen-bond donors (Lipinski definition) is 1. The number of rotatable bonds is 3. The maximum Gasteiger partial charge on any atom is 0.416 e. The zero-order valence-electron chi connectivity index (χ0n) is 14.8. The van der Waals surface area contributed by atoms with Gasteiger partial charge in [-0.1, -0.05) is 11.6 Å². The molecule has 4 rings (SSSR count). The zero-order valence-corrected chi connectivity index (χ0v) is 15.5. The van der Waals surface area contributed by atoms with Crippen molar-refractivity contribution in [2.75, 3.05) is 19.6 Å². The Morgan fingerprint density at radius 2 is 1.93 bits per heavy atom. The Bertz CT molecular complexity index is 812. The van der Waals surface area contributed by atoms with Crippen LogP contribution >= 0.6 is 11.6 Å². The summed E-state index contributed by atoms with van der Waals surface area (Å²) in [5.74, 6) is 2.37. The molecule has 0 atom stereocenters. The van der Waals surface area contributed by atoms with Gasteiger partial charge in [0.05, 0.1) is 12.1 Å². The minimum Gasteiger partial charge on any atom is -0.312 e. The van der Waals surface area contributed by atoms with Crippen LogP contribution in [0.25, 0.3) is 0 Å². The van der Waals surface area contributed by atoms with E-state index in [1.54, 1.807) is 0 Å². The van der Waals surface area contributed by atoms with Crippen LogP contribution < -0.4 is 5.32 Å². The number of likely N-dealkylation sites (tertiary alicyclic amines) is 1. The Morgan fingerprint density at radius 1 is 1.15 bits per heavy atom. The smallest absolute Gasteiger partial charge is 0.312 e. The van der Waals surface area contributed by atoms with Gasteiger partial charge < -0.3 is 9.88 Å². The molecule has 2 aromatic rings. The topological polar surface area (TPSA) is 46.0 Å². The fraction of sp³-hybridized carbons (Fsp3) is 0.556. The minimum absolute atomic E-state index is 0.345.